The lowest BCUT2D eigenvalue weighted by molar-refractivity contribution is 0.0392. The predicted octanol–water partition coefficient (Wildman–Crippen LogP) is 5.13. The molecule has 2 amide bonds. The van der Waals surface area contributed by atoms with Crippen molar-refractivity contribution >= 4 is 41.2 Å². The number of benzene rings is 1. The van der Waals surface area contributed by atoms with Gasteiger partial charge in [0.25, 0.3) is 5.91 Å². The van der Waals surface area contributed by atoms with Crippen molar-refractivity contribution in [1.82, 2.24) is 14.8 Å². The number of carbonyl (C=O) groups is 2. The molecule has 1 aromatic heterocycles. The number of nitrogens with zero attached hydrogens (tertiary/aromatic N) is 4. The smallest absolute Gasteiger partial charge is 0.409 e. The van der Waals surface area contributed by atoms with Crippen molar-refractivity contribution in [3.8, 4) is 0 Å². The highest BCUT2D eigenvalue weighted by atomic mass is 35.5. The van der Waals surface area contributed by atoms with Crippen LogP contribution < -0.4 is 5.73 Å². The Morgan fingerprint density at radius 1 is 1.34 bits per heavy atom. The second kappa shape index (κ2) is 12.1. The first-order chi connectivity index (χ1) is 18.3. The van der Waals surface area contributed by atoms with Gasteiger partial charge >= 0.3 is 6.09 Å². The van der Waals surface area contributed by atoms with E-state index in [1.807, 2.05) is 26.0 Å². The fraction of sp³-hybridized carbons (Fsp3) is 0.448. The van der Waals surface area contributed by atoms with Gasteiger partial charge in [-0.3, -0.25) is 14.8 Å². The Hall–Kier alpha value is -3.23. The average Bonchev–Trinajstić information content (AvgIpc) is 2.91. The van der Waals surface area contributed by atoms with Gasteiger partial charge in [-0.05, 0) is 69.5 Å². The number of fused-ring (bicyclic) bond motifs is 2. The molecule has 0 bridgehead atoms. The molecular formula is C29H36ClN5O3. The third kappa shape index (κ3) is 5.61. The molecule has 8 nitrogen and oxygen atoms in total. The van der Waals surface area contributed by atoms with E-state index in [0.29, 0.717) is 42.2 Å². The average molecular weight is 538 g/mol. The molecule has 1 fully saturated rings. The highest BCUT2D eigenvalue weighted by Crippen LogP contribution is 2.38. The molecular weight excluding hydrogens is 502 g/mol. The third-order valence-corrected chi connectivity index (χ3v) is 7.71. The molecule has 2 atom stereocenters. The monoisotopic (exact) mass is 537 g/mol. The number of hydrogen-bond donors (Lipinski definition) is 1. The van der Waals surface area contributed by atoms with Gasteiger partial charge in [0.05, 0.1) is 29.9 Å². The van der Waals surface area contributed by atoms with Crippen LogP contribution in [-0.4, -0.2) is 65.9 Å². The Morgan fingerprint density at radius 3 is 2.82 bits per heavy atom. The highest BCUT2D eigenvalue weighted by molar-refractivity contribution is 6.36. The maximum absolute atomic E-state index is 13.4. The van der Waals surface area contributed by atoms with E-state index < -0.39 is 12.3 Å². The van der Waals surface area contributed by atoms with Crippen LogP contribution in [-0.2, 0) is 17.6 Å². The van der Waals surface area contributed by atoms with E-state index in [1.54, 1.807) is 21.9 Å². The van der Waals surface area contributed by atoms with E-state index in [9.17, 15) is 9.59 Å². The first-order valence-corrected chi connectivity index (χ1v) is 13.6. The predicted molar refractivity (Wildman–Crippen MR) is 152 cm³/mol. The molecule has 1 aromatic carbocycles. The van der Waals surface area contributed by atoms with E-state index in [2.05, 4.69) is 24.7 Å². The number of ether oxygens (including phenoxy) is 1. The lowest BCUT2D eigenvalue weighted by Gasteiger charge is -2.39. The molecule has 1 unspecified atom stereocenters. The summed E-state index contributed by atoms with van der Waals surface area (Å²) < 4.78 is 5.21. The number of piperazine rings is 1. The SMILES string of the molecule is C=N/C(=C(C)\C=C/C)C1CCc2c(nc3cc(C(=O)N4CCN(C(=O)OCCC)C[C@H]4N)ccc3c2Cl)C1. The molecule has 38 heavy (non-hydrogen) atoms. The van der Waals surface area contributed by atoms with Crippen LogP contribution in [0.4, 0.5) is 4.79 Å². The lowest BCUT2D eigenvalue weighted by Crippen LogP contribution is -2.60. The molecule has 2 aliphatic rings. The van der Waals surface area contributed by atoms with Crippen molar-refractivity contribution < 1.29 is 14.3 Å². The minimum atomic E-state index is -0.626. The van der Waals surface area contributed by atoms with Crippen LogP contribution in [0.2, 0.25) is 5.02 Å². The van der Waals surface area contributed by atoms with Gasteiger partial charge in [-0.1, -0.05) is 36.7 Å². The fourth-order valence-corrected chi connectivity index (χ4v) is 5.70. The van der Waals surface area contributed by atoms with Gasteiger partial charge < -0.3 is 20.3 Å². The van der Waals surface area contributed by atoms with Crippen LogP contribution >= 0.6 is 11.6 Å². The second-order valence-corrected chi connectivity index (χ2v) is 10.3. The largest absolute Gasteiger partial charge is 0.449 e. The Morgan fingerprint density at radius 2 is 2.13 bits per heavy atom. The second-order valence-electron chi connectivity index (χ2n) is 9.88. The summed E-state index contributed by atoms with van der Waals surface area (Å²) in [5.74, 6) is 0.0119. The number of carbonyl (C=O) groups excluding carboxylic acids is 2. The normalized spacial score (nSPS) is 20.3. The Kier molecular flexibility index (Phi) is 8.84. The van der Waals surface area contributed by atoms with E-state index in [-0.39, 0.29) is 18.4 Å². The van der Waals surface area contributed by atoms with Gasteiger partial charge in [-0.2, -0.15) is 0 Å². The zero-order valence-corrected chi connectivity index (χ0v) is 23.1. The number of allylic oxidation sites excluding steroid dienone is 4. The van der Waals surface area contributed by atoms with Crippen LogP contribution in [0.5, 0.6) is 0 Å². The summed E-state index contributed by atoms with van der Waals surface area (Å²) in [6.07, 6.45) is 6.23. The molecule has 1 aliphatic heterocycles. The van der Waals surface area contributed by atoms with Gasteiger partial charge in [-0.15, -0.1) is 0 Å². The van der Waals surface area contributed by atoms with E-state index in [1.165, 1.54) is 0 Å². The topological polar surface area (TPSA) is 101 Å². The zero-order valence-electron chi connectivity index (χ0n) is 22.4. The number of hydrogen-bond acceptors (Lipinski definition) is 6. The number of aromatic nitrogens is 1. The number of nitrogens with two attached hydrogens (primary N) is 1. The maximum Gasteiger partial charge on any atom is 0.409 e. The maximum atomic E-state index is 13.4. The number of aliphatic imine (C=N–C) groups is 1. The zero-order chi connectivity index (χ0) is 27.4. The molecule has 202 valence electrons. The van der Waals surface area contributed by atoms with Gasteiger partial charge in [0, 0.05) is 41.3 Å². The standard InChI is InChI=1S/C29H36ClN5O3/c1-5-7-18(3)27(32-4)19-8-10-21-23(15-19)33-24-16-20(9-11-22(24)26(21)30)28(36)35-13-12-34(17-25(35)31)29(37)38-14-6-2/h5,7,9,11,16,19,25H,4,6,8,10,12-15,17,31H2,1-3H3/b7-5-,27-18-/t19?,25-/m0/s1. The van der Waals surface area contributed by atoms with E-state index >= 15 is 0 Å². The molecule has 1 saturated heterocycles. The summed E-state index contributed by atoms with van der Waals surface area (Å²) in [7, 11) is 0. The van der Waals surface area contributed by atoms with E-state index in [4.69, 9.17) is 27.1 Å². The van der Waals surface area contributed by atoms with Crippen LogP contribution in [0, 0.1) is 5.92 Å². The molecule has 9 heteroatoms. The summed E-state index contributed by atoms with van der Waals surface area (Å²) in [5.41, 5.74) is 11.6. The molecule has 2 heterocycles. The lowest BCUT2D eigenvalue weighted by atomic mass is 9.83. The van der Waals surface area contributed by atoms with Crippen molar-refractivity contribution in [2.45, 2.75) is 52.6 Å². The summed E-state index contributed by atoms with van der Waals surface area (Å²) >= 11 is 6.85. The molecule has 4 rings (SSSR count). The van der Waals surface area contributed by atoms with Crippen LogP contribution in [0.3, 0.4) is 0 Å². The number of halogens is 1. The Bertz CT molecular complexity index is 1300. The minimum absolute atomic E-state index is 0.197. The van der Waals surface area contributed by atoms with Crippen molar-refractivity contribution in [2.24, 2.45) is 16.6 Å². The molecule has 0 saturated carbocycles. The summed E-state index contributed by atoms with van der Waals surface area (Å²) in [6.45, 7) is 11.1. The first kappa shape index (κ1) is 27.8. The molecule has 2 N–H and O–H groups in total. The van der Waals surface area contributed by atoms with Crippen LogP contribution in [0.15, 0.2) is 46.6 Å². The fourth-order valence-electron chi connectivity index (χ4n) is 5.34. The number of amides is 2. The molecule has 2 aromatic rings. The van der Waals surface area contributed by atoms with Gasteiger partial charge in [0.1, 0.15) is 0 Å². The Labute approximate surface area is 229 Å². The summed E-state index contributed by atoms with van der Waals surface area (Å²) in [5, 5.41) is 1.52. The van der Waals surface area contributed by atoms with Gasteiger partial charge in [-0.25, -0.2) is 4.79 Å². The quantitative estimate of drug-likeness (QED) is 0.406. The van der Waals surface area contributed by atoms with Crippen molar-refractivity contribution in [3.63, 3.8) is 0 Å². The minimum Gasteiger partial charge on any atom is -0.449 e. The van der Waals surface area contributed by atoms with Crippen molar-refractivity contribution in [2.75, 3.05) is 26.2 Å². The van der Waals surface area contributed by atoms with Crippen LogP contribution in [0.25, 0.3) is 10.9 Å². The molecule has 0 spiro atoms. The summed E-state index contributed by atoms with van der Waals surface area (Å²) in [6, 6.07) is 5.42. The van der Waals surface area contributed by atoms with Crippen molar-refractivity contribution in [3.05, 3.63) is 63.5 Å². The van der Waals surface area contributed by atoms with Crippen LogP contribution in [0.1, 0.15) is 55.2 Å². The molecule has 1 aliphatic carbocycles. The van der Waals surface area contributed by atoms with Gasteiger partial charge in [0.2, 0.25) is 0 Å². The summed E-state index contributed by atoms with van der Waals surface area (Å²) in [4.78, 5) is 38.1. The third-order valence-electron chi connectivity index (χ3n) is 7.28. The van der Waals surface area contributed by atoms with Gasteiger partial charge in [0.15, 0.2) is 0 Å². The van der Waals surface area contributed by atoms with E-state index in [0.717, 1.165) is 47.2 Å². The Balaban J connectivity index is 1.57. The first-order valence-electron chi connectivity index (χ1n) is 13.2. The number of rotatable bonds is 6. The highest BCUT2D eigenvalue weighted by Gasteiger charge is 2.32. The van der Waals surface area contributed by atoms with Crippen molar-refractivity contribution in [1.29, 1.82) is 0 Å². The molecule has 0 radical (unpaired) electrons. The number of pyridine rings is 1.